The molecule has 1 aromatic rings. The van der Waals surface area contributed by atoms with Gasteiger partial charge < -0.3 is 19.4 Å². The van der Waals surface area contributed by atoms with E-state index in [1.165, 1.54) is 11.1 Å². The van der Waals surface area contributed by atoms with Crippen molar-refractivity contribution in [2.75, 3.05) is 20.2 Å². The smallest absolute Gasteiger partial charge is 0.491 e. The van der Waals surface area contributed by atoms with Crippen LogP contribution < -0.4 is 15.5 Å². The van der Waals surface area contributed by atoms with Crippen molar-refractivity contribution < 1.29 is 14.0 Å². The molecule has 0 bridgehead atoms. The standard InChI is InChI=1S/C14H20BNO3/c1-9-5-6-10-13-12(9)11(7-16-4)18-15(13)19-14(2,3)8-17-10/h5-6,11,16H,7-8H2,1-4H3/t11-/m1/s1. The Bertz CT molecular complexity index is 504. The maximum absolute atomic E-state index is 6.09. The number of nitrogens with one attached hydrogen (secondary N) is 1. The highest BCUT2D eigenvalue weighted by molar-refractivity contribution is 6.64. The SMILES string of the molecule is CNC[C@H]1OB2OC(C)(C)COc3ccc(C)c1c32. The molecule has 0 amide bonds. The molecular weight excluding hydrogens is 241 g/mol. The normalized spacial score (nSPS) is 23.8. The third kappa shape index (κ3) is 2.16. The Morgan fingerprint density at radius 2 is 2.21 bits per heavy atom. The zero-order chi connectivity index (χ0) is 13.6. The molecule has 2 heterocycles. The number of hydrogen-bond acceptors (Lipinski definition) is 4. The minimum absolute atomic E-state index is 0.0300. The Morgan fingerprint density at radius 3 is 2.95 bits per heavy atom. The van der Waals surface area contributed by atoms with Crippen molar-refractivity contribution in [1.29, 1.82) is 0 Å². The van der Waals surface area contributed by atoms with Crippen molar-refractivity contribution >= 4 is 12.6 Å². The van der Waals surface area contributed by atoms with Crippen molar-refractivity contribution in [1.82, 2.24) is 5.32 Å². The summed E-state index contributed by atoms with van der Waals surface area (Å²) in [6.07, 6.45) is 0.0300. The molecule has 1 atom stereocenters. The number of hydrogen-bond donors (Lipinski definition) is 1. The largest absolute Gasteiger partial charge is 0.499 e. The first-order chi connectivity index (χ1) is 9.02. The van der Waals surface area contributed by atoms with Crippen LogP contribution in [0.25, 0.3) is 0 Å². The predicted octanol–water partition coefficient (Wildman–Crippen LogP) is 1.17. The Kier molecular flexibility index (Phi) is 3.08. The molecule has 0 aromatic heterocycles. The molecule has 3 rings (SSSR count). The molecule has 2 aliphatic heterocycles. The lowest BCUT2D eigenvalue weighted by Gasteiger charge is -2.25. The summed E-state index contributed by atoms with van der Waals surface area (Å²) in [5.41, 5.74) is 3.18. The summed E-state index contributed by atoms with van der Waals surface area (Å²) >= 11 is 0. The molecule has 1 N–H and O–H groups in total. The molecule has 19 heavy (non-hydrogen) atoms. The Hall–Kier alpha value is -1.04. The molecule has 102 valence electrons. The predicted molar refractivity (Wildman–Crippen MR) is 75.0 cm³/mol. The van der Waals surface area contributed by atoms with Gasteiger partial charge in [0.05, 0.1) is 11.7 Å². The first kappa shape index (κ1) is 13.0. The van der Waals surface area contributed by atoms with Crippen LogP contribution in [0.1, 0.15) is 31.1 Å². The molecule has 1 aromatic carbocycles. The fourth-order valence-corrected chi connectivity index (χ4v) is 2.80. The van der Waals surface area contributed by atoms with E-state index in [1.54, 1.807) is 0 Å². The first-order valence-electron chi connectivity index (χ1n) is 6.76. The Labute approximate surface area is 114 Å². The number of aryl methyl sites for hydroxylation is 1. The third-order valence-electron chi connectivity index (χ3n) is 3.70. The summed E-state index contributed by atoms with van der Waals surface area (Å²) < 4.78 is 18.1. The first-order valence-corrected chi connectivity index (χ1v) is 6.76. The quantitative estimate of drug-likeness (QED) is 0.811. The van der Waals surface area contributed by atoms with Crippen LogP contribution in [0.3, 0.4) is 0 Å². The highest BCUT2D eigenvalue weighted by atomic mass is 16.6. The summed E-state index contributed by atoms with van der Waals surface area (Å²) in [6.45, 7) is 7.48. The molecule has 4 nitrogen and oxygen atoms in total. The van der Waals surface area contributed by atoms with Gasteiger partial charge in [0.15, 0.2) is 0 Å². The molecule has 0 spiro atoms. The van der Waals surface area contributed by atoms with Crippen molar-refractivity contribution in [3.05, 3.63) is 23.3 Å². The molecule has 0 aliphatic carbocycles. The van der Waals surface area contributed by atoms with Gasteiger partial charge in [-0.25, -0.2) is 0 Å². The molecule has 0 unspecified atom stereocenters. The lowest BCUT2D eigenvalue weighted by atomic mass is 9.76. The van der Waals surface area contributed by atoms with Crippen LogP contribution in [0.15, 0.2) is 12.1 Å². The molecule has 5 heteroatoms. The summed E-state index contributed by atoms with van der Waals surface area (Å²) in [4.78, 5) is 0. The topological polar surface area (TPSA) is 39.7 Å². The lowest BCUT2D eigenvalue weighted by Crippen LogP contribution is -2.40. The van der Waals surface area contributed by atoms with E-state index in [-0.39, 0.29) is 18.8 Å². The van der Waals surface area contributed by atoms with E-state index in [1.807, 2.05) is 27.0 Å². The zero-order valence-corrected chi connectivity index (χ0v) is 11.9. The van der Waals surface area contributed by atoms with E-state index >= 15 is 0 Å². The van der Waals surface area contributed by atoms with Gasteiger partial charge in [-0.15, -0.1) is 0 Å². The number of benzene rings is 1. The van der Waals surface area contributed by atoms with Gasteiger partial charge >= 0.3 is 7.12 Å². The van der Waals surface area contributed by atoms with E-state index < -0.39 is 0 Å². The van der Waals surface area contributed by atoms with Crippen LogP contribution in [0.2, 0.25) is 0 Å². The van der Waals surface area contributed by atoms with Crippen molar-refractivity contribution in [2.45, 2.75) is 32.5 Å². The monoisotopic (exact) mass is 261 g/mol. The second kappa shape index (κ2) is 4.51. The van der Waals surface area contributed by atoms with Crippen LogP contribution in [-0.4, -0.2) is 32.9 Å². The van der Waals surface area contributed by atoms with Gasteiger partial charge in [-0.05, 0) is 45.0 Å². The van der Waals surface area contributed by atoms with Crippen LogP contribution in [-0.2, 0) is 9.31 Å². The van der Waals surface area contributed by atoms with Crippen LogP contribution >= 0.6 is 0 Å². The summed E-state index contributed by atoms with van der Waals surface area (Å²) in [6, 6.07) is 4.12. The fraction of sp³-hybridized carbons (Fsp3) is 0.571. The molecular formula is C14H20BNO3. The van der Waals surface area contributed by atoms with Crippen LogP contribution in [0, 0.1) is 6.92 Å². The molecule has 0 saturated heterocycles. The highest BCUT2D eigenvalue weighted by Gasteiger charge is 2.45. The van der Waals surface area contributed by atoms with Gasteiger partial charge in [-0.1, -0.05) is 6.07 Å². The minimum Gasteiger partial charge on any atom is -0.491 e. The van der Waals surface area contributed by atoms with Crippen LogP contribution in [0.4, 0.5) is 0 Å². The van der Waals surface area contributed by atoms with Gasteiger partial charge in [0, 0.05) is 12.0 Å². The Balaban J connectivity index is 2.08. The van der Waals surface area contributed by atoms with E-state index in [0.29, 0.717) is 6.61 Å². The van der Waals surface area contributed by atoms with Gasteiger partial charge in [0.25, 0.3) is 0 Å². The van der Waals surface area contributed by atoms with Crippen molar-refractivity contribution in [3.8, 4) is 5.75 Å². The minimum atomic E-state index is -0.344. The second-order valence-electron chi connectivity index (χ2n) is 5.89. The fourth-order valence-electron chi connectivity index (χ4n) is 2.80. The number of rotatable bonds is 2. The molecule has 0 fully saturated rings. The Morgan fingerprint density at radius 1 is 1.42 bits per heavy atom. The van der Waals surface area contributed by atoms with E-state index in [0.717, 1.165) is 17.8 Å². The second-order valence-corrected chi connectivity index (χ2v) is 5.89. The van der Waals surface area contributed by atoms with E-state index in [9.17, 15) is 0 Å². The molecule has 2 aliphatic rings. The van der Waals surface area contributed by atoms with E-state index in [4.69, 9.17) is 14.0 Å². The van der Waals surface area contributed by atoms with Gasteiger partial charge in [0.2, 0.25) is 0 Å². The van der Waals surface area contributed by atoms with Gasteiger partial charge in [-0.3, -0.25) is 0 Å². The zero-order valence-electron chi connectivity index (χ0n) is 11.9. The molecule has 0 saturated carbocycles. The van der Waals surface area contributed by atoms with Crippen molar-refractivity contribution in [3.63, 3.8) is 0 Å². The van der Waals surface area contributed by atoms with Crippen LogP contribution in [0.5, 0.6) is 5.75 Å². The number of likely N-dealkylation sites (N-methyl/N-ethyl adjacent to an activating group) is 1. The van der Waals surface area contributed by atoms with E-state index in [2.05, 4.69) is 18.3 Å². The average Bonchev–Trinajstić information content (AvgIpc) is 2.62. The third-order valence-corrected chi connectivity index (χ3v) is 3.70. The summed E-state index contributed by atoms with van der Waals surface area (Å²) in [5, 5.41) is 3.18. The van der Waals surface area contributed by atoms with Crippen molar-refractivity contribution in [2.24, 2.45) is 0 Å². The maximum atomic E-state index is 6.09. The maximum Gasteiger partial charge on any atom is 0.499 e. The molecule has 0 radical (unpaired) electrons. The summed E-state index contributed by atoms with van der Waals surface area (Å²) in [5.74, 6) is 0.898. The summed E-state index contributed by atoms with van der Waals surface area (Å²) in [7, 11) is 1.61. The average molecular weight is 261 g/mol. The lowest BCUT2D eigenvalue weighted by molar-refractivity contribution is 0.0274. The van der Waals surface area contributed by atoms with Gasteiger partial charge in [-0.2, -0.15) is 0 Å². The van der Waals surface area contributed by atoms with Gasteiger partial charge in [0.1, 0.15) is 12.4 Å². The highest BCUT2D eigenvalue weighted by Crippen LogP contribution is 2.34. The number of ether oxygens (including phenoxy) is 1.